The number of benzene rings is 2. The van der Waals surface area contributed by atoms with Gasteiger partial charge in [0.05, 0.1) is 37.2 Å². The van der Waals surface area contributed by atoms with Gasteiger partial charge in [0.25, 0.3) is 0 Å². The van der Waals surface area contributed by atoms with Crippen LogP contribution in [0.2, 0.25) is 0 Å². The summed E-state index contributed by atoms with van der Waals surface area (Å²) in [5.74, 6) is -0.662. The van der Waals surface area contributed by atoms with Gasteiger partial charge in [0, 0.05) is 37.0 Å². The standard InChI is InChI=1S/C26H31FN4O4/c1-26(2,3)35-25(33)29-22-16-21(27)6-4-18(22)15-24(32)19-5-7-23-20(14-19)17-28-31(23)9-8-30-10-12-34-13-11-30/h4-7,14,16-17H,8-13,15H2,1-3H3,(H,29,33). The fraction of sp³-hybridized carbons (Fsp3) is 0.423. The zero-order valence-electron chi connectivity index (χ0n) is 20.3. The number of carbonyl (C=O) groups excluding carboxylic acids is 2. The van der Waals surface area contributed by atoms with Gasteiger partial charge in [-0.05, 0) is 56.7 Å². The molecule has 0 saturated carbocycles. The topological polar surface area (TPSA) is 85.7 Å². The monoisotopic (exact) mass is 482 g/mol. The first-order chi connectivity index (χ1) is 16.7. The average Bonchev–Trinajstić information content (AvgIpc) is 3.21. The largest absolute Gasteiger partial charge is 0.444 e. The van der Waals surface area contributed by atoms with Crippen LogP contribution in [0, 0.1) is 5.82 Å². The Kier molecular flexibility index (Phi) is 7.47. The number of amides is 1. The second-order valence-electron chi connectivity index (χ2n) is 9.62. The fourth-order valence-electron chi connectivity index (χ4n) is 4.01. The Balaban J connectivity index is 1.45. The third-order valence-corrected chi connectivity index (χ3v) is 5.75. The molecular formula is C26H31FN4O4. The summed E-state index contributed by atoms with van der Waals surface area (Å²) in [6.45, 7) is 10.2. The van der Waals surface area contributed by atoms with Crippen LogP contribution in [0.25, 0.3) is 10.9 Å². The van der Waals surface area contributed by atoms with Crippen LogP contribution in [0.1, 0.15) is 36.7 Å². The van der Waals surface area contributed by atoms with Crippen molar-refractivity contribution < 1.29 is 23.5 Å². The van der Waals surface area contributed by atoms with E-state index in [1.807, 2.05) is 16.8 Å². The van der Waals surface area contributed by atoms with Crippen molar-refractivity contribution in [3.8, 4) is 0 Å². The molecule has 4 rings (SSSR count). The summed E-state index contributed by atoms with van der Waals surface area (Å²) in [6, 6.07) is 9.46. The van der Waals surface area contributed by atoms with E-state index in [1.165, 1.54) is 18.2 Å². The molecule has 1 N–H and O–H groups in total. The number of fused-ring (bicyclic) bond motifs is 1. The summed E-state index contributed by atoms with van der Waals surface area (Å²) >= 11 is 0. The highest BCUT2D eigenvalue weighted by atomic mass is 19.1. The smallest absolute Gasteiger partial charge is 0.412 e. The van der Waals surface area contributed by atoms with Gasteiger partial charge in [-0.15, -0.1) is 0 Å². The molecule has 1 aliphatic heterocycles. The minimum atomic E-state index is -0.706. The Morgan fingerprint density at radius 2 is 1.89 bits per heavy atom. The molecule has 0 unspecified atom stereocenters. The third-order valence-electron chi connectivity index (χ3n) is 5.75. The number of rotatable bonds is 7. The average molecular weight is 483 g/mol. The van der Waals surface area contributed by atoms with E-state index in [-0.39, 0.29) is 17.9 Å². The number of carbonyl (C=O) groups is 2. The molecule has 1 fully saturated rings. The van der Waals surface area contributed by atoms with Crippen molar-refractivity contribution in [2.45, 2.75) is 39.3 Å². The van der Waals surface area contributed by atoms with E-state index < -0.39 is 17.5 Å². The maximum atomic E-state index is 13.9. The maximum Gasteiger partial charge on any atom is 0.412 e. The predicted octanol–water partition coefficient (Wildman–Crippen LogP) is 4.28. The SMILES string of the molecule is CC(C)(C)OC(=O)Nc1cc(F)ccc1CC(=O)c1ccc2c(cnn2CCN2CCOCC2)c1. The van der Waals surface area contributed by atoms with E-state index in [2.05, 4.69) is 15.3 Å². The lowest BCUT2D eigenvalue weighted by molar-refractivity contribution is 0.0361. The van der Waals surface area contributed by atoms with Crippen molar-refractivity contribution in [3.05, 3.63) is 59.5 Å². The van der Waals surface area contributed by atoms with Crippen molar-refractivity contribution >= 4 is 28.5 Å². The Morgan fingerprint density at radius 1 is 1.11 bits per heavy atom. The summed E-state index contributed by atoms with van der Waals surface area (Å²) < 4.78 is 26.5. The lowest BCUT2D eigenvalue weighted by atomic mass is 10.0. The van der Waals surface area contributed by atoms with Gasteiger partial charge in [-0.3, -0.25) is 19.7 Å². The van der Waals surface area contributed by atoms with Gasteiger partial charge < -0.3 is 9.47 Å². The molecule has 0 spiro atoms. The molecule has 0 atom stereocenters. The first-order valence-corrected chi connectivity index (χ1v) is 11.8. The third kappa shape index (κ3) is 6.64. The Bertz CT molecular complexity index is 1210. The number of ketones is 1. The summed E-state index contributed by atoms with van der Waals surface area (Å²) in [7, 11) is 0. The van der Waals surface area contributed by atoms with E-state index in [1.54, 1.807) is 33.0 Å². The van der Waals surface area contributed by atoms with Gasteiger partial charge >= 0.3 is 6.09 Å². The molecule has 0 aliphatic carbocycles. The molecule has 35 heavy (non-hydrogen) atoms. The van der Waals surface area contributed by atoms with Gasteiger partial charge in [0.1, 0.15) is 11.4 Å². The molecule has 8 nitrogen and oxygen atoms in total. The van der Waals surface area contributed by atoms with Crippen molar-refractivity contribution in [1.82, 2.24) is 14.7 Å². The normalized spacial score (nSPS) is 14.7. The zero-order chi connectivity index (χ0) is 25.0. The van der Waals surface area contributed by atoms with Crippen LogP contribution < -0.4 is 5.32 Å². The number of ether oxygens (including phenoxy) is 2. The highest BCUT2D eigenvalue weighted by Crippen LogP contribution is 2.23. The Labute approximate surface area is 204 Å². The second-order valence-corrected chi connectivity index (χ2v) is 9.62. The minimum absolute atomic E-state index is 0.00207. The molecule has 0 radical (unpaired) electrons. The first kappa shape index (κ1) is 24.8. The molecule has 2 heterocycles. The number of hydrogen-bond acceptors (Lipinski definition) is 6. The molecule has 3 aromatic rings. The summed E-state index contributed by atoms with van der Waals surface area (Å²) in [5.41, 5.74) is 1.50. The summed E-state index contributed by atoms with van der Waals surface area (Å²) in [6.07, 6.45) is 1.06. The van der Waals surface area contributed by atoms with E-state index in [4.69, 9.17) is 9.47 Å². The molecule has 9 heteroatoms. The second kappa shape index (κ2) is 10.5. The lowest BCUT2D eigenvalue weighted by Gasteiger charge is -2.26. The molecule has 1 aromatic heterocycles. The molecule has 2 aromatic carbocycles. The van der Waals surface area contributed by atoms with E-state index >= 15 is 0 Å². The van der Waals surface area contributed by atoms with Gasteiger partial charge in [-0.2, -0.15) is 5.10 Å². The molecule has 0 bridgehead atoms. The number of Topliss-reactive ketones (excluding diaryl/α,β-unsaturated/α-hetero) is 1. The number of anilines is 1. The van der Waals surface area contributed by atoms with Crippen LogP contribution in [-0.4, -0.2) is 65.0 Å². The summed E-state index contributed by atoms with van der Waals surface area (Å²) in [5, 5.41) is 7.93. The van der Waals surface area contributed by atoms with Crippen LogP contribution in [-0.2, 0) is 22.4 Å². The van der Waals surface area contributed by atoms with Gasteiger partial charge in [0.2, 0.25) is 0 Å². The molecule has 1 amide bonds. The van der Waals surface area contributed by atoms with Crippen molar-refractivity contribution in [3.63, 3.8) is 0 Å². The van der Waals surface area contributed by atoms with Crippen molar-refractivity contribution in [2.24, 2.45) is 0 Å². The first-order valence-electron chi connectivity index (χ1n) is 11.8. The number of nitrogens with one attached hydrogen (secondary N) is 1. The van der Waals surface area contributed by atoms with E-state index in [9.17, 15) is 14.0 Å². The quantitative estimate of drug-likeness (QED) is 0.506. The molecule has 1 saturated heterocycles. The predicted molar refractivity (Wildman–Crippen MR) is 131 cm³/mol. The lowest BCUT2D eigenvalue weighted by Crippen LogP contribution is -2.38. The molecule has 1 aliphatic rings. The Hall–Kier alpha value is -3.30. The van der Waals surface area contributed by atoms with Gasteiger partial charge in [-0.1, -0.05) is 6.07 Å². The van der Waals surface area contributed by atoms with E-state index in [0.717, 1.165) is 50.3 Å². The number of nitrogens with zero attached hydrogens (tertiary/aromatic N) is 3. The Morgan fingerprint density at radius 3 is 2.63 bits per heavy atom. The van der Waals surface area contributed by atoms with Crippen molar-refractivity contribution in [1.29, 1.82) is 0 Å². The van der Waals surface area contributed by atoms with E-state index in [0.29, 0.717) is 11.1 Å². The van der Waals surface area contributed by atoms with Crippen molar-refractivity contribution in [2.75, 3.05) is 38.2 Å². The number of morpholine rings is 1. The number of aromatic nitrogens is 2. The fourth-order valence-corrected chi connectivity index (χ4v) is 4.01. The minimum Gasteiger partial charge on any atom is -0.444 e. The van der Waals surface area contributed by atoms with Crippen LogP contribution in [0.15, 0.2) is 42.6 Å². The van der Waals surface area contributed by atoms with Gasteiger partial charge in [-0.25, -0.2) is 9.18 Å². The van der Waals surface area contributed by atoms with Crippen LogP contribution in [0.5, 0.6) is 0 Å². The maximum absolute atomic E-state index is 13.9. The highest BCUT2D eigenvalue weighted by Gasteiger charge is 2.19. The van der Waals surface area contributed by atoms with Crippen LogP contribution in [0.3, 0.4) is 0 Å². The van der Waals surface area contributed by atoms with Crippen LogP contribution in [0.4, 0.5) is 14.9 Å². The van der Waals surface area contributed by atoms with Gasteiger partial charge in [0.15, 0.2) is 5.78 Å². The zero-order valence-corrected chi connectivity index (χ0v) is 20.3. The summed E-state index contributed by atoms with van der Waals surface area (Å²) in [4.78, 5) is 27.6. The molecular weight excluding hydrogens is 451 g/mol. The highest BCUT2D eigenvalue weighted by molar-refractivity contribution is 6.01. The number of halogens is 1. The van der Waals surface area contributed by atoms with Crippen LogP contribution >= 0.6 is 0 Å². The molecule has 186 valence electrons. The number of hydrogen-bond donors (Lipinski definition) is 1.